The van der Waals surface area contributed by atoms with E-state index in [0.717, 1.165) is 0 Å². The van der Waals surface area contributed by atoms with Crippen LogP contribution in [0.15, 0.2) is 18.2 Å². The third-order valence-corrected chi connectivity index (χ3v) is 1.57. The molecule has 0 spiro atoms. The van der Waals surface area contributed by atoms with E-state index in [4.69, 9.17) is 11.1 Å². The molecule has 0 aliphatic heterocycles. The van der Waals surface area contributed by atoms with Crippen LogP contribution in [0.3, 0.4) is 0 Å². The van der Waals surface area contributed by atoms with Gasteiger partial charge >= 0.3 is 0 Å². The number of nitriles is 1. The Hall–Kier alpha value is -1.67. The van der Waals surface area contributed by atoms with Crippen molar-refractivity contribution in [3.8, 4) is 6.07 Å². The molecule has 0 aromatic heterocycles. The molecule has 0 atom stereocenters. The van der Waals surface area contributed by atoms with Crippen LogP contribution < -0.4 is 11.3 Å². The van der Waals surface area contributed by atoms with Crippen LogP contribution in [0.5, 0.6) is 0 Å². The van der Waals surface area contributed by atoms with Crippen LogP contribution in [-0.2, 0) is 0 Å². The van der Waals surface area contributed by atoms with Gasteiger partial charge in [0.15, 0.2) is 0 Å². The summed E-state index contributed by atoms with van der Waals surface area (Å²) in [6.45, 7) is 0. The van der Waals surface area contributed by atoms with E-state index >= 15 is 0 Å². The van der Waals surface area contributed by atoms with Gasteiger partial charge in [-0.15, -0.1) is 0 Å². The molecule has 3 nitrogen and oxygen atoms in total. The summed E-state index contributed by atoms with van der Waals surface area (Å²) in [5.74, 6) is 5.02. The number of nitrogens with two attached hydrogens (primary N) is 1. The van der Waals surface area contributed by atoms with Gasteiger partial charge in [0.25, 0.3) is 6.43 Å². The number of anilines is 1. The Morgan fingerprint density at radius 3 is 2.62 bits per heavy atom. The zero-order valence-electron chi connectivity index (χ0n) is 6.59. The Bertz CT molecular complexity index is 344. The molecule has 1 rings (SSSR count). The Labute approximate surface area is 73.7 Å². The Balaban J connectivity index is 3.17. The fourth-order valence-electron chi connectivity index (χ4n) is 0.941. The highest BCUT2D eigenvalue weighted by molar-refractivity contribution is 5.55. The summed E-state index contributed by atoms with van der Waals surface area (Å²) in [6, 6.07) is 5.61. The maximum Gasteiger partial charge on any atom is 0.265 e. The second-order valence-electron chi connectivity index (χ2n) is 2.36. The molecular formula is C8H7F2N3. The van der Waals surface area contributed by atoms with E-state index in [0.29, 0.717) is 0 Å². The van der Waals surface area contributed by atoms with Crippen molar-refractivity contribution in [2.75, 3.05) is 5.43 Å². The molecule has 0 aliphatic rings. The van der Waals surface area contributed by atoms with Crippen molar-refractivity contribution in [3.63, 3.8) is 0 Å². The van der Waals surface area contributed by atoms with E-state index in [2.05, 4.69) is 5.43 Å². The van der Waals surface area contributed by atoms with Crippen molar-refractivity contribution in [3.05, 3.63) is 29.3 Å². The predicted octanol–water partition coefficient (Wildman–Crippen LogP) is 1.78. The van der Waals surface area contributed by atoms with E-state index in [9.17, 15) is 8.78 Å². The summed E-state index contributed by atoms with van der Waals surface area (Å²) in [6.07, 6.45) is -2.60. The highest BCUT2D eigenvalue weighted by Crippen LogP contribution is 2.26. The van der Waals surface area contributed by atoms with Gasteiger partial charge in [-0.3, -0.25) is 5.84 Å². The van der Waals surface area contributed by atoms with Gasteiger partial charge < -0.3 is 5.43 Å². The number of hydrogen-bond donors (Lipinski definition) is 2. The fourth-order valence-corrected chi connectivity index (χ4v) is 0.941. The summed E-state index contributed by atoms with van der Waals surface area (Å²) in [7, 11) is 0. The average Bonchev–Trinajstić information content (AvgIpc) is 2.16. The molecule has 0 fully saturated rings. The minimum atomic E-state index is -2.60. The second kappa shape index (κ2) is 3.83. The Morgan fingerprint density at radius 1 is 1.46 bits per heavy atom. The highest BCUT2D eigenvalue weighted by Gasteiger charge is 2.12. The number of nitrogen functional groups attached to an aromatic ring is 1. The SMILES string of the molecule is N#Cc1ccc(C(F)F)c(NN)c1. The van der Waals surface area contributed by atoms with Crippen molar-refractivity contribution in [2.24, 2.45) is 5.84 Å². The number of nitrogens with zero attached hydrogens (tertiary/aromatic N) is 1. The molecule has 1 aromatic carbocycles. The van der Waals surface area contributed by atoms with Gasteiger partial charge in [0.2, 0.25) is 0 Å². The minimum absolute atomic E-state index is 0.0778. The molecular weight excluding hydrogens is 176 g/mol. The average molecular weight is 183 g/mol. The first-order valence-electron chi connectivity index (χ1n) is 3.48. The number of halogens is 2. The third kappa shape index (κ3) is 1.92. The van der Waals surface area contributed by atoms with Gasteiger partial charge in [0.05, 0.1) is 17.3 Å². The monoisotopic (exact) mass is 183 g/mol. The Kier molecular flexibility index (Phi) is 2.77. The topological polar surface area (TPSA) is 61.8 Å². The molecule has 0 saturated carbocycles. The highest BCUT2D eigenvalue weighted by atomic mass is 19.3. The van der Waals surface area contributed by atoms with E-state index in [1.807, 2.05) is 6.07 Å². The molecule has 0 amide bonds. The quantitative estimate of drug-likeness (QED) is 0.542. The smallest absolute Gasteiger partial charge is 0.265 e. The maximum atomic E-state index is 12.3. The lowest BCUT2D eigenvalue weighted by Crippen LogP contribution is -2.09. The molecule has 0 unspecified atom stereocenters. The van der Waals surface area contributed by atoms with Gasteiger partial charge in [-0.05, 0) is 18.2 Å². The number of rotatable bonds is 2. The van der Waals surface area contributed by atoms with Crippen LogP contribution in [0.1, 0.15) is 17.6 Å². The number of benzene rings is 1. The number of alkyl halides is 2. The largest absolute Gasteiger partial charge is 0.324 e. The summed E-state index contributed by atoms with van der Waals surface area (Å²) >= 11 is 0. The Morgan fingerprint density at radius 2 is 2.15 bits per heavy atom. The summed E-state index contributed by atoms with van der Waals surface area (Å²) in [4.78, 5) is 0. The maximum absolute atomic E-state index is 12.3. The van der Waals surface area contributed by atoms with E-state index in [1.54, 1.807) is 0 Å². The molecule has 68 valence electrons. The van der Waals surface area contributed by atoms with Gasteiger partial charge in [-0.2, -0.15) is 5.26 Å². The molecule has 0 radical (unpaired) electrons. The third-order valence-electron chi connectivity index (χ3n) is 1.57. The van der Waals surface area contributed by atoms with E-state index in [1.165, 1.54) is 18.2 Å². The van der Waals surface area contributed by atoms with Crippen LogP contribution in [0.4, 0.5) is 14.5 Å². The first kappa shape index (κ1) is 9.42. The normalized spacial score (nSPS) is 9.77. The summed E-state index contributed by atoms with van der Waals surface area (Å²) < 4.78 is 24.5. The first-order chi connectivity index (χ1) is 6.19. The number of nitrogens with one attached hydrogen (secondary N) is 1. The standard InChI is InChI=1S/C8H7F2N3/c9-8(10)6-2-1-5(4-11)3-7(6)13-12/h1-3,8,13H,12H2. The lowest BCUT2D eigenvalue weighted by molar-refractivity contribution is 0.152. The molecule has 1 aromatic rings. The van der Waals surface area contributed by atoms with Crippen LogP contribution in [0.25, 0.3) is 0 Å². The molecule has 0 heterocycles. The van der Waals surface area contributed by atoms with E-state index in [-0.39, 0.29) is 16.8 Å². The molecule has 0 bridgehead atoms. The van der Waals surface area contributed by atoms with Gasteiger partial charge in [0.1, 0.15) is 0 Å². The minimum Gasteiger partial charge on any atom is -0.324 e. The predicted molar refractivity (Wildman–Crippen MR) is 43.9 cm³/mol. The summed E-state index contributed by atoms with van der Waals surface area (Å²) in [5, 5.41) is 8.48. The van der Waals surface area contributed by atoms with E-state index < -0.39 is 6.43 Å². The summed E-state index contributed by atoms with van der Waals surface area (Å²) in [5.41, 5.74) is 2.28. The molecule has 13 heavy (non-hydrogen) atoms. The van der Waals surface area contributed by atoms with Crippen LogP contribution in [0, 0.1) is 11.3 Å². The zero-order chi connectivity index (χ0) is 9.84. The van der Waals surface area contributed by atoms with Crippen LogP contribution >= 0.6 is 0 Å². The van der Waals surface area contributed by atoms with Crippen molar-refractivity contribution in [2.45, 2.75) is 6.43 Å². The van der Waals surface area contributed by atoms with Crippen molar-refractivity contribution in [1.82, 2.24) is 0 Å². The first-order valence-corrected chi connectivity index (χ1v) is 3.48. The van der Waals surface area contributed by atoms with Crippen molar-refractivity contribution in [1.29, 1.82) is 5.26 Å². The number of hydrogen-bond acceptors (Lipinski definition) is 3. The molecule has 3 N–H and O–H groups in total. The number of hydrazine groups is 1. The zero-order valence-corrected chi connectivity index (χ0v) is 6.59. The lowest BCUT2D eigenvalue weighted by atomic mass is 10.1. The second-order valence-corrected chi connectivity index (χ2v) is 2.36. The lowest BCUT2D eigenvalue weighted by Gasteiger charge is -2.07. The van der Waals surface area contributed by atoms with Gasteiger partial charge in [-0.1, -0.05) is 0 Å². The van der Waals surface area contributed by atoms with Crippen molar-refractivity contribution < 1.29 is 8.78 Å². The molecule has 0 saturated heterocycles. The van der Waals surface area contributed by atoms with Gasteiger partial charge in [0, 0.05) is 5.56 Å². The van der Waals surface area contributed by atoms with Gasteiger partial charge in [-0.25, -0.2) is 8.78 Å². The molecule has 0 aliphatic carbocycles. The molecule has 5 heteroatoms. The van der Waals surface area contributed by atoms with Crippen molar-refractivity contribution >= 4 is 5.69 Å². The van der Waals surface area contributed by atoms with Crippen LogP contribution in [-0.4, -0.2) is 0 Å². The fraction of sp³-hybridized carbons (Fsp3) is 0.125. The van der Waals surface area contributed by atoms with Crippen LogP contribution in [0.2, 0.25) is 0 Å².